The van der Waals surface area contributed by atoms with Gasteiger partial charge in [-0.15, -0.1) is 0 Å². The number of nitrogens with one attached hydrogen (secondary N) is 1. The number of hydrogen-bond acceptors (Lipinski definition) is 4. The Morgan fingerprint density at radius 2 is 2.20 bits per heavy atom. The number of carbonyl (C=O) groups is 1. The van der Waals surface area contributed by atoms with E-state index in [0.29, 0.717) is 16.8 Å². The lowest BCUT2D eigenvalue weighted by Gasteiger charge is -2.07. The number of carbonyl (C=O) groups excluding carboxylic acids is 1. The lowest BCUT2D eigenvalue weighted by Crippen LogP contribution is -2.15. The minimum Gasteiger partial charge on any atom is -0.409 e. The first-order valence-electron chi connectivity index (χ1n) is 5.60. The summed E-state index contributed by atoms with van der Waals surface area (Å²) in [5.41, 5.74) is 6.80. The van der Waals surface area contributed by atoms with Crippen molar-refractivity contribution in [3.8, 4) is 0 Å². The molecule has 0 aliphatic heterocycles. The molecule has 2 rings (SSSR count). The molecule has 7 heteroatoms. The summed E-state index contributed by atoms with van der Waals surface area (Å²) < 4.78 is 0. The molecule has 1 amide bonds. The Kier molecular flexibility index (Phi) is 4.17. The van der Waals surface area contributed by atoms with E-state index in [0.717, 1.165) is 0 Å². The van der Waals surface area contributed by atoms with E-state index in [2.05, 4.69) is 15.5 Å². The Hall–Kier alpha value is -2.60. The van der Waals surface area contributed by atoms with Crippen LogP contribution < -0.4 is 11.1 Å². The van der Waals surface area contributed by atoms with E-state index in [1.165, 1.54) is 18.5 Å². The summed E-state index contributed by atoms with van der Waals surface area (Å²) in [5, 5.41) is 14.5. The zero-order valence-electron chi connectivity index (χ0n) is 10.2. The van der Waals surface area contributed by atoms with Crippen molar-refractivity contribution in [1.29, 1.82) is 0 Å². The van der Waals surface area contributed by atoms with Gasteiger partial charge in [-0.2, -0.15) is 0 Å². The predicted molar refractivity (Wildman–Crippen MR) is 76.2 cm³/mol. The van der Waals surface area contributed by atoms with Gasteiger partial charge in [0.2, 0.25) is 0 Å². The Balaban J connectivity index is 2.23. The van der Waals surface area contributed by atoms with Crippen LogP contribution in [0.15, 0.2) is 47.9 Å². The molecule has 20 heavy (non-hydrogen) atoms. The summed E-state index contributed by atoms with van der Waals surface area (Å²) in [6.45, 7) is 0. The number of amides is 1. The van der Waals surface area contributed by atoms with Gasteiger partial charge in [0, 0.05) is 23.6 Å². The number of nitrogens with two attached hydrogens (primary N) is 1. The molecule has 0 atom stereocenters. The van der Waals surface area contributed by atoms with Gasteiger partial charge in [0.05, 0.1) is 10.6 Å². The number of benzene rings is 1. The maximum atomic E-state index is 12.1. The van der Waals surface area contributed by atoms with Crippen molar-refractivity contribution in [1.82, 2.24) is 4.98 Å². The third-order valence-corrected chi connectivity index (χ3v) is 2.84. The van der Waals surface area contributed by atoms with E-state index >= 15 is 0 Å². The summed E-state index contributed by atoms with van der Waals surface area (Å²) in [6.07, 6.45) is 2.87. The maximum absolute atomic E-state index is 12.1. The van der Waals surface area contributed by atoms with E-state index in [-0.39, 0.29) is 16.8 Å². The van der Waals surface area contributed by atoms with Crippen LogP contribution in [0.2, 0.25) is 5.02 Å². The lowest BCUT2D eigenvalue weighted by atomic mass is 10.1. The van der Waals surface area contributed by atoms with Crippen LogP contribution in [0.5, 0.6) is 0 Å². The van der Waals surface area contributed by atoms with Gasteiger partial charge in [0.25, 0.3) is 5.91 Å². The predicted octanol–water partition coefficient (Wildman–Crippen LogP) is 2.08. The Morgan fingerprint density at radius 1 is 1.40 bits per heavy atom. The molecule has 0 saturated heterocycles. The third-order valence-electron chi connectivity index (χ3n) is 2.54. The first-order valence-corrected chi connectivity index (χ1v) is 5.98. The second kappa shape index (κ2) is 6.03. The van der Waals surface area contributed by atoms with Crippen molar-refractivity contribution >= 4 is 29.0 Å². The van der Waals surface area contributed by atoms with Crippen LogP contribution >= 0.6 is 11.6 Å². The normalized spacial score (nSPS) is 11.2. The van der Waals surface area contributed by atoms with E-state index in [1.807, 2.05) is 0 Å². The zero-order chi connectivity index (χ0) is 14.5. The van der Waals surface area contributed by atoms with Crippen molar-refractivity contribution < 1.29 is 10.0 Å². The largest absolute Gasteiger partial charge is 0.409 e. The van der Waals surface area contributed by atoms with Crippen molar-refractivity contribution in [2.75, 3.05) is 5.32 Å². The number of amidine groups is 1. The smallest absolute Gasteiger partial charge is 0.257 e. The summed E-state index contributed by atoms with van der Waals surface area (Å²) in [6, 6.07) is 8.12. The van der Waals surface area contributed by atoms with Crippen LogP contribution in [-0.4, -0.2) is 21.9 Å². The molecule has 1 aromatic carbocycles. The Bertz CT molecular complexity index is 673. The highest BCUT2D eigenvalue weighted by molar-refractivity contribution is 6.34. The summed E-state index contributed by atoms with van der Waals surface area (Å²) >= 11 is 5.89. The molecule has 6 nitrogen and oxygen atoms in total. The highest BCUT2D eigenvalue weighted by Gasteiger charge is 2.10. The molecule has 0 radical (unpaired) electrons. The van der Waals surface area contributed by atoms with Gasteiger partial charge in [-0.1, -0.05) is 28.9 Å². The first-order chi connectivity index (χ1) is 9.61. The average molecular weight is 291 g/mol. The summed E-state index contributed by atoms with van der Waals surface area (Å²) in [5.74, 6) is -0.405. The van der Waals surface area contributed by atoms with E-state index in [9.17, 15) is 4.79 Å². The molecule has 2 aromatic rings. The fourth-order valence-corrected chi connectivity index (χ4v) is 1.78. The van der Waals surface area contributed by atoms with Crippen molar-refractivity contribution in [2.24, 2.45) is 10.9 Å². The molecule has 1 heterocycles. The molecule has 0 aliphatic rings. The zero-order valence-corrected chi connectivity index (χ0v) is 11.0. The summed E-state index contributed by atoms with van der Waals surface area (Å²) in [7, 11) is 0. The van der Waals surface area contributed by atoms with Gasteiger partial charge in [-0.3, -0.25) is 9.78 Å². The molecule has 0 spiro atoms. The number of oxime groups is 1. The SMILES string of the molecule is NC(=NO)c1cccc(NC(=O)c2ccncc2Cl)c1. The molecule has 102 valence electrons. The van der Waals surface area contributed by atoms with Crippen molar-refractivity contribution in [3.05, 3.63) is 58.9 Å². The topological polar surface area (TPSA) is 101 Å². The molecule has 0 saturated carbocycles. The number of rotatable bonds is 3. The third kappa shape index (κ3) is 3.04. The van der Waals surface area contributed by atoms with Gasteiger partial charge in [-0.25, -0.2) is 0 Å². The minimum atomic E-state index is -0.367. The molecular formula is C13H11ClN4O2. The van der Waals surface area contributed by atoms with Crippen LogP contribution in [0.25, 0.3) is 0 Å². The highest BCUT2D eigenvalue weighted by atomic mass is 35.5. The molecular weight excluding hydrogens is 280 g/mol. The number of anilines is 1. The van der Waals surface area contributed by atoms with Crippen molar-refractivity contribution in [2.45, 2.75) is 0 Å². The van der Waals surface area contributed by atoms with E-state index in [4.69, 9.17) is 22.5 Å². The van der Waals surface area contributed by atoms with Crippen LogP contribution in [0.1, 0.15) is 15.9 Å². The van der Waals surface area contributed by atoms with E-state index < -0.39 is 0 Å². The fourth-order valence-electron chi connectivity index (χ4n) is 1.57. The van der Waals surface area contributed by atoms with Gasteiger partial charge < -0.3 is 16.3 Å². The summed E-state index contributed by atoms with van der Waals surface area (Å²) in [4.78, 5) is 15.9. The Labute approximate surface area is 119 Å². The van der Waals surface area contributed by atoms with Crippen LogP contribution in [0.4, 0.5) is 5.69 Å². The van der Waals surface area contributed by atoms with Crippen molar-refractivity contribution in [3.63, 3.8) is 0 Å². The molecule has 0 aliphatic carbocycles. The standard InChI is InChI=1S/C13H11ClN4O2/c14-11-7-16-5-4-10(11)13(19)17-9-3-1-2-8(6-9)12(15)18-20/h1-7,20H,(H2,15,18)(H,17,19). The van der Waals surface area contributed by atoms with Gasteiger partial charge in [0.15, 0.2) is 5.84 Å². The first kappa shape index (κ1) is 13.8. The molecule has 1 aromatic heterocycles. The average Bonchev–Trinajstić information content (AvgIpc) is 2.47. The molecule has 0 fully saturated rings. The maximum Gasteiger partial charge on any atom is 0.257 e. The quantitative estimate of drug-likeness (QED) is 0.349. The number of hydrogen-bond donors (Lipinski definition) is 3. The fraction of sp³-hybridized carbons (Fsp3) is 0. The number of nitrogens with zero attached hydrogens (tertiary/aromatic N) is 2. The van der Waals surface area contributed by atoms with Gasteiger partial charge >= 0.3 is 0 Å². The number of halogens is 1. The lowest BCUT2D eigenvalue weighted by molar-refractivity contribution is 0.102. The van der Waals surface area contributed by atoms with Gasteiger partial charge in [0.1, 0.15) is 0 Å². The minimum absolute atomic E-state index is 0.0388. The van der Waals surface area contributed by atoms with Crippen LogP contribution in [-0.2, 0) is 0 Å². The molecule has 0 bridgehead atoms. The van der Waals surface area contributed by atoms with Crippen LogP contribution in [0, 0.1) is 0 Å². The Morgan fingerprint density at radius 3 is 2.90 bits per heavy atom. The van der Waals surface area contributed by atoms with E-state index in [1.54, 1.807) is 24.3 Å². The van der Waals surface area contributed by atoms with Crippen LogP contribution in [0.3, 0.4) is 0 Å². The molecule has 0 unspecified atom stereocenters. The van der Waals surface area contributed by atoms with Gasteiger partial charge in [-0.05, 0) is 18.2 Å². The monoisotopic (exact) mass is 290 g/mol. The highest BCUT2D eigenvalue weighted by Crippen LogP contribution is 2.17. The number of aromatic nitrogens is 1. The molecule has 4 N–H and O–H groups in total. The second-order valence-corrected chi connectivity index (χ2v) is 4.28. The number of pyridine rings is 1. The second-order valence-electron chi connectivity index (χ2n) is 3.88.